The first-order valence-electron chi connectivity index (χ1n) is 5.63. The number of aryl methyl sites for hydroxylation is 1. The van der Waals surface area contributed by atoms with E-state index in [-0.39, 0.29) is 0 Å². The minimum Gasteiger partial charge on any atom is -0.311 e. The Labute approximate surface area is 93.2 Å². The van der Waals surface area contributed by atoms with Crippen LogP contribution in [0.2, 0.25) is 0 Å². The molecule has 15 heavy (non-hydrogen) atoms. The smallest absolute Gasteiger partial charge is 0.0224 e. The van der Waals surface area contributed by atoms with Crippen LogP contribution in [0.15, 0.2) is 24.3 Å². The van der Waals surface area contributed by atoms with E-state index < -0.39 is 0 Å². The molecule has 0 spiro atoms. The Kier molecular flexibility index (Phi) is 4.57. The molecule has 0 aliphatic carbocycles. The van der Waals surface area contributed by atoms with Gasteiger partial charge < -0.3 is 5.32 Å². The molecule has 1 aromatic carbocycles. The second kappa shape index (κ2) is 5.72. The van der Waals surface area contributed by atoms with Crippen molar-refractivity contribution >= 4 is 6.08 Å². The van der Waals surface area contributed by atoms with Gasteiger partial charge >= 0.3 is 0 Å². The van der Waals surface area contributed by atoms with Gasteiger partial charge in [0, 0.05) is 6.04 Å². The zero-order valence-corrected chi connectivity index (χ0v) is 10.2. The average molecular weight is 203 g/mol. The van der Waals surface area contributed by atoms with E-state index in [9.17, 15) is 0 Å². The van der Waals surface area contributed by atoms with E-state index in [2.05, 4.69) is 63.4 Å². The first-order valence-corrected chi connectivity index (χ1v) is 5.63. The second-order valence-corrected chi connectivity index (χ2v) is 3.99. The number of likely N-dealkylation sites (N-methyl/N-ethyl adjacent to an activating group) is 1. The van der Waals surface area contributed by atoms with Crippen LogP contribution in [-0.4, -0.2) is 12.6 Å². The summed E-state index contributed by atoms with van der Waals surface area (Å²) in [5.41, 5.74) is 4.05. The number of rotatable bonds is 4. The van der Waals surface area contributed by atoms with Crippen LogP contribution in [0.1, 0.15) is 30.5 Å². The minimum absolute atomic E-state index is 0.440. The van der Waals surface area contributed by atoms with E-state index in [0.717, 1.165) is 6.54 Å². The Morgan fingerprint density at radius 2 is 2.07 bits per heavy atom. The molecular weight excluding hydrogens is 182 g/mol. The third-order valence-electron chi connectivity index (χ3n) is 2.74. The van der Waals surface area contributed by atoms with Crippen molar-refractivity contribution in [2.24, 2.45) is 0 Å². The number of hydrogen-bond donors (Lipinski definition) is 1. The Hall–Kier alpha value is -1.08. The fourth-order valence-corrected chi connectivity index (χ4v) is 1.59. The van der Waals surface area contributed by atoms with Crippen LogP contribution in [0.5, 0.6) is 0 Å². The molecular formula is C14H21N. The molecule has 1 rings (SSSR count). The maximum atomic E-state index is 3.36. The Morgan fingerprint density at radius 1 is 1.33 bits per heavy atom. The molecule has 0 amide bonds. The van der Waals surface area contributed by atoms with Gasteiger partial charge in [0.15, 0.2) is 0 Å². The monoisotopic (exact) mass is 203 g/mol. The van der Waals surface area contributed by atoms with Crippen molar-refractivity contribution in [2.75, 3.05) is 6.54 Å². The molecule has 0 saturated heterocycles. The van der Waals surface area contributed by atoms with Crippen molar-refractivity contribution in [1.29, 1.82) is 0 Å². The lowest BCUT2D eigenvalue weighted by Gasteiger charge is -2.07. The van der Waals surface area contributed by atoms with Crippen molar-refractivity contribution in [1.82, 2.24) is 5.32 Å². The zero-order chi connectivity index (χ0) is 11.3. The molecule has 1 unspecified atom stereocenters. The molecule has 0 saturated carbocycles. The summed E-state index contributed by atoms with van der Waals surface area (Å²) < 4.78 is 0. The van der Waals surface area contributed by atoms with Crippen molar-refractivity contribution in [3.63, 3.8) is 0 Å². The van der Waals surface area contributed by atoms with Gasteiger partial charge in [-0.05, 0) is 44.0 Å². The summed E-state index contributed by atoms with van der Waals surface area (Å²) in [5.74, 6) is 0. The molecule has 82 valence electrons. The van der Waals surface area contributed by atoms with Gasteiger partial charge in [-0.2, -0.15) is 0 Å². The van der Waals surface area contributed by atoms with Gasteiger partial charge in [-0.25, -0.2) is 0 Å². The Bertz CT molecular complexity index is 339. The quantitative estimate of drug-likeness (QED) is 0.791. The Morgan fingerprint density at radius 3 is 2.73 bits per heavy atom. The van der Waals surface area contributed by atoms with E-state index in [1.807, 2.05) is 0 Å². The molecule has 0 bridgehead atoms. The number of hydrogen-bond acceptors (Lipinski definition) is 1. The maximum absolute atomic E-state index is 3.36. The van der Waals surface area contributed by atoms with Gasteiger partial charge in [0.05, 0.1) is 0 Å². The van der Waals surface area contributed by atoms with Crippen LogP contribution in [0, 0.1) is 13.8 Å². The highest BCUT2D eigenvalue weighted by Crippen LogP contribution is 2.14. The standard InChI is InChI=1S/C14H21N/c1-5-15-12(3)9-10-14-8-6-7-11(2)13(14)4/h6-10,12,15H,5H2,1-4H3/b10-9+. The van der Waals surface area contributed by atoms with Crippen molar-refractivity contribution in [3.8, 4) is 0 Å². The molecule has 0 radical (unpaired) electrons. The van der Waals surface area contributed by atoms with Gasteiger partial charge in [-0.15, -0.1) is 0 Å². The van der Waals surface area contributed by atoms with E-state index in [4.69, 9.17) is 0 Å². The van der Waals surface area contributed by atoms with E-state index in [0.29, 0.717) is 6.04 Å². The first-order chi connectivity index (χ1) is 7.15. The van der Waals surface area contributed by atoms with Gasteiger partial charge in [0.1, 0.15) is 0 Å². The van der Waals surface area contributed by atoms with E-state index >= 15 is 0 Å². The van der Waals surface area contributed by atoms with Crippen LogP contribution in [0.3, 0.4) is 0 Å². The normalized spacial score (nSPS) is 13.3. The summed E-state index contributed by atoms with van der Waals surface area (Å²) in [6, 6.07) is 6.87. The second-order valence-electron chi connectivity index (χ2n) is 3.99. The van der Waals surface area contributed by atoms with Gasteiger partial charge in [0.2, 0.25) is 0 Å². The highest BCUT2D eigenvalue weighted by Gasteiger charge is 1.97. The third kappa shape index (κ3) is 3.52. The van der Waals surface area contributed by atoms with Crippen LogP contribution < -0.4 is 5.32 Å². The van der Waals surface area contributed by atoms with Gasteiger partial charge in [0.25, 0.3) is 0 Å². The summed E-state index contributed by atoms with van der Waals surface area (Å²) in [6.07, 6.45) is 4.42. The molecule has 1 N–H and O–H groups in total. The van der Waals surface area contributed by atoms with Crippen molar-refractivity contribution in [3.05, 3.63) is 41.0 Å². The molecule has 1 heteroatoms. The van der Waals surface area contributed by atoms with Crippen LogP contribution in [0.25, 0.3) is 6.08 Å². The molecule has 0 aromatic heterocycles. The van der Waals surface area contributed by atoms with Crippen LogP contribution in [-0.2, 0) is 0 Å². The third-order valence-corrected chi connectivity index (χ3v) is 2.74. The highest BCUT2D eigenvalue weighted by atomic mass is 14.9. The summed E-state index contributed by atoms with van der Waals surface area (Å²) in [4.78, 5) is 0. The average Bonchev–Trinajstić information content (AvgIpc) is 2.21. The summed E-state index contributed by atoms with van der Waals surface area (Å²) in [5, 5.41) is 3.36. The summed E-state index contributed by atoms with van der Waals surface area (Å²) in [7, 11) is 0. The van der Waals surface area contributed by atoms with E-state index in [1.54, 1.807) is 0 Å². The van der Waals surface area contributed by atoms with Gasteiger partial charge in [-0.3, -0.25) is 0 Å². The topological polar surface area (TPSA) is 12.0 Å². The predicted octanol–water partition coefficient (Wildman–Crippen LogP) is 3.31. The maximum Gasteiger partial charge on any atom is 0.0224 e. The number of benzene rings is 1. The summed E-state index contributed by atoms with van der Waals surface area (Å²) in [6.45, 7) is 9.64. The predicted molar refractivity (Wildman–Crippen MR) is 68.1 cm³/mol. The van der Waals surface area contributed by atoms with Crippen molar-refractivity contribution in [2.45, 2.75) is 33.7 Å². The number of nitrogens with one attached hydrogen (secondary N) is 1. The molecule has 0 heterocycles. The molecule has 1 atom stereocenters. The fraction of sp³-hybridized carbons (Fsp3) is 0.429. The summed E-state index contributed by atoms with van der Waals surface area (Å²) >= 11 is 0. The van der Waals surface area contributed by atoms with E-state index in [1.165, 1.54) is 16.7 Å². The van der Waals surface area contributed by atoms with Crippen molar-refractivity contribution < 1.29 is 0 Å². The molecule has 1 nitrogen and oxygen atoms in total. The lowest BCUT2D eigenvalue weighted by Crippen LogP contribution is -2.22. The molecule has 0 fully saturated rings. The molecule has 0 aliphatic rings. The Balaban J connectivity index is 2.76. The SMILES string of the molecule is CCNC(C)/C=C/c1cccc(C)c1C. The lowest BCUT2D eigenvalue weighted by molar-refractivity contribution is 0.663. The molecule has 1 aromatic rings. The first kappa shape index (κ1) is 12.0. The minimum atomic E-state index is 0.440. The van der Waals surface area contributed by atoms with Crippen LogP contribution >= 0.6 is 0 Å². The fourth-order valence-electron chi connectivity index (χ4n) is 1.59. The largest absolute Gasteiger partial charge is 0.311 e. The van der Waals surface area contributed by atoms with Crippen LogP contribution in [0.4, 0.5) is 0 Å². The van der Waals surface area contributed by atoms with Gasteiger partial charge in [-0.1, -0.05) is 37.3 Å². The lowest BCUT2D eigenvalue weighted by atomic mass is 10.0. The highest BCUT2D eigenvalue weighted by molar-refractivity contribution is 5.55. The zero-order valence-electron chi connectivity index (χ0n) is 10.2. The molecule has 0 aliphatic heterocycles.